The van der Waals surface area contributed by atoms with Gasteiger partial charge in [-0.15, -0.1) is 12.4 Å². The van der Waals surface area contributed by atoms with Gasteiger partial charge in [0, 0.05) is 19.1 Å². The van der Waals surface area contributed by atoms with Gasteiger partial charge in [0.05, 0.1) is 5.56 Å². The quantitative estimate of drug-likeness (QED) is 0.862. The van der Waals surface area contributed by atoms with Crippen LogP contribution in [-0.2, 0) is 0 Å². The summed E-state index contributed by atoms with van der Waals surface area (Å²) in [5, 5.41) is 0. The van der Waals surface area contributed by atoms with E-state index in [1.807, 2.05) is 6.92 Å². The summed E-state index contributed by atoms with van der Waals surface area (Å²) in [4.78, 5) is 13.6. The molecule has 2 atom stereocenters. The summed E-state index contributed by atoms with van der Waals surface area (Å²) in [7, 11) is 0. The molecule has 1 heterocycles. The third-order valence-corrected chi connectivity index (χ3v) is 3.44. The van der Waals surface area contributed by atoms with E-state index in [1.165, 1.54) is 17.0 Å². The van der Waals surface area contributed by atoms with Gasteiger partial charge in [-0.1, -0.05) is 13.0 Å². The van der Waals surface area contributed by atoms with Crippen LogP contribution in [0.25, 0.3) is 0 Å². The van der Waals surface area contributed by atoms with E-state index in [0.717, 1.165) is 6.07 Å². The molecule has 0 spiro atoms. The van der Waals surface area contributed by atoms with Crippen LogP contribution in [-0.4, -0.2) is 29.9 Å². The molecule has 0 saturated carbocycles. The second kappa shape index (κ2) is 6.30. The first-order valence-electron chi connectivity index (χ1n) is 5.99. The summed E-state index contributed by atoms with van der Waals surface area (Å²) < 4.78 is 26.6. The Hall–Kier alpha value is -1.20. The fraction of sp³-hybridized carbons (Fsp3) is 0.462. The minimum Gasteiger partial charge on any atom is -0.338 e. The van der Waals surface area contributed by atoms with Crippen LogP contribution in [0.2, 0.25) is 0 Å². The average Bonchev–Trinajstić information content (AvgIpc) is 2.35. The van der Waals surface area contributed by atoms with Gasteiger partial charge in [-0.25, -0.2) is 8.78 Å². The minimum absolute atomic E-state index is 0. The number of benzene rings is 1. The van der Waals surface area contributed by atoms with Crippen LogP contribution in [0.5, 0.6) is 0 Å². The third-order valence-electron chi connectivity index (χ3n) is 3.44. The first-order valence-corrected chi connectivity index (χ1v) is 5.99. The average molecular weight is 291 g/mol. The molecular formula is C13H17ClF2N2O. The summed E-state index contributed by atoms with van der Waals surface area (Å²) in [5.74, 6) is -2.38. The van der Waals surface area contributed by atoms with Crippen molar-refractivity contribution in [3.8, 4) is 0 Å². The number of likely N-dealkylation sites (tertiary alicyclic amines) is 1. The van der Waals surface area contributed by atoms with Crippen LogP contribution < -0.4 is 5.73 Å². The maximum atomic E-state index is 13.5. The molecule has 6 heteroatoms. The van der Waals surface area contributed by atoms with Gasteiger partial charge in [-0.3, -0.25) is 4.79 Å². The molecule has 1 aliphatic heterocycles. The Balaban J connectivity index is 0.00000180. The van der Waals surface area contributed by atoms with E-state index in [2.05, 4.69) is 0 Å². The third kappa shape index (κ3) is 3.22. The van der Waals surface area contributed by atoms with Crippen molar-refractivity contribution in [2.75, 3.05) is 13.1 Å². The monoisotopic (exact) mass is 290 g/mol. The maximum absolute atomic E-state index is 13.5. The van der Waals surface area contributed by atoms with E-state index in [0.29, 0.717) is 19.5 Å². The van der Waals surface area contributed by atoms with E-state index in [1.54, 1.807) is 0 Å². The summed E-state index contributed by atoms with van der Waals surface area (Å²) >= 11 is 0. The largest absolute Gasteiger partial charge is 0.338 e. The highest BCUT2D eigenvalue weighted by molar-refractivity contribution is 5.94. The standard InChI is InChI=1S/C13H16F2N2O.ClH/c1-8-7-17(6-5-11(8)16)13(18)9-3-2-4-10(14)12(9)15;/h2-4,8,11H,5-7,16H2,1H3;1H. The van der Waals surface area contributed by atoms with Crippen LogP contribution in [0.3, 0.4) is 0 Å². The maximum Gasteiger partial charge on any atom is 0.256 e. The number of nitrogens with zero attached hydrogens (tertiary/aromatic N) is 1. The van der Waals surface area contributed by atoms with Gasteiger partial charge in [0.25, 0.3) is 5.91 Å². The van der Waals surface area contributed by atoms with Gasteiger partial charge in [0.1, 0.15) is 0 Å². The summed E-state index contributed by atoms with van der Waals surface area (Å²) in [5.41, 5.74) is 5.65. The zero-order valence-corrected chi connectivity index (χ0v) is 11.4. The van der Waals surface area contributed by atoms with Gasteiger partial charge in [0.2, 0.25) is 0 Å². The molecule has 0 aliphatic carbocycles. The number of hydrogen-bond donors (Lipinski definition) is 1. The van der Waals surface area contributed by atoms with Crippen LogP contribution in [0, 0.1) is 17.6 Å². The van der Waals surface area contributed by atoms with E-state index < -0.39 is 17.5 Å². The molecule has 0 aromatic heterocycles. The number of hydrogen-bond acceptors (Lipinski definition) is 2. The molecule has 19 heavy (non-hydrogen) atoms. The highest BCUT2D eigenvalue weighted by Gasteiger charge is 2.28. The summed E-state index contributed by atoms with van der Waals surface area (Å²) in [6, 6.07) is 3.71. The van der Waals surface area contributed by atoms with Crippen LogP contribution >= 0.6 is 12.4 Å². The van der Waals surface area contributed by atoms with Gasteiger partial charge >= 0.3 is 0 Å². The van der Waals surface area contributed by atoms with Crippen molar-refractivity contribution in [1.29, 1.82) is 0 Å². The van der Waals surface area contributed by atoms with E-state index >= 15 is 0 Å². The van der Waals surface area contributed by atoms with E-state index in [4.69, 9.17) is 5.73 Å². The number of rotatable bonds is 1. The molecule has 0 radical (unpaired) electrons. The lowest BCUT2D eigenvalue weighted by atomic mass is 9.94. The Morgan fingerprint density at radius 3 is 2.74 bits per heavy atom. The summed E-state index contributed by atoms with van der Waals surface area (Å²) in [6.45, 7) is 2.92. The first kappa shape index (κ1) is 15.9. The number of halogens is 3. The Labute approximate surface area is 117 Å². The molecule has 1 aromatic carbocycles. The predicted octanol–water partition coefficient (Wildman–Crippen LogP) is 2.20. The molecule has 2 rings (SSSR count). The first-order chi connectivity index (χ1) is 8.50. The molecule has 106 valence electrons. The Bertz CT molecular complexity index is 470. The van der Waals surface area contributed by atoms with Crippen molar-refractivity contribution in [1.82, 2.24) is 4.90 Å². The van der Waals surface area contributed by atoms with Crippen molar-refractivity contribution in [2.24, 2.45) is 11.7 Å². The fourth-order valence-electron chi connectivity index (χ4n) is 2.19. The van der Waals surface area contributed by atoms with Gasteiger partial charge in [-0.05, 0) is 24.5 Å². The van der Waals surface area contributed by atoms with Crippen molar-refractivity contribution in [3.05, 3.63) is 35.4 Å². The number of carbonyl (C=O) groups excluding carboxylic acids is 1. The van der Waals surface area contributed by atoms with E-state index in [9.17, 15) is 13.6 Å². The van der Waals surface area contributed by atoms with Crippen molar-refractivity contribution < 1.29 is 13.6 Å². The fourth-order valence-corrected chi connectivity index (χ4v) is 2.19. The molecule has 1 aliphatic rings. The number of amides is 1. The topological polar surface area (TPSA) is 46.3 Å². The number of nitrogens with two attached hydrogens (primary N) is 1. The Kier molecular flexibility index (Phi) is 5.26. The second-order valence-electron chi connectivity index (χ2n) is 4.78. The van der Waals surface area contributed by atoms with Crippen LogP contribution in [0.15, 0.2) is 18.2 Å². The van der Waals surface area contributed by atoms with Gasteiger partial charge in [-0.2, -0.15) is 0 Å². The SMILES string of the molecule is CC1CN(C(=O)c2cccc(F)c2F)CCC1N.Cl. The lowest BCUT2D eigenvalue weighted by Crippen LogP contribution is -2.48. The smallest absolute Gasteiger partial charge is 0.256 e. The zero-order chi connectivity index (χ0) is 13.3. The molecule has 1 amide bonds. The van der Waals surface area contributed by atoms with Crippen LogP contribution in [0.4, 0.5) is 8.78 Å². The molecule has 3 nitrogen and oxygen atoms in total. The molecule has 1 fully saturated rings. The second-order valence-corrected chi connectivity index (χ2v) is 4.78. The Morgan fingerprint density at radius 1 is 1.42 bits per heavy atom. The predicted molar refractivity (Wildman–Crippen MR) is 71.3 cm³/mol. The van der Waals surface area contributed by atoms with Crippen molar-refractivity contribution in [2.45, 2.75) is 19.4 Å². The number of carbonyl (C=O) groups is 1. The van der Waals surface area contributed by atoms with E-state index in [-0.39, 0.29) is 29.9 Å². The Morgan fingerprint density at radius 2 is 2.11 bits per heavy atom. The minimum atomic E-state index is -1.08. The number of piperidine rings is 1. The zero-order valence-electron chi connectivity index (χ0n) is 10.6. The van der Waals surface area contributed by atoms with Gasteiger partial charge in [0.15, 0.2) is 11.6 Å². The molecule has 2 N–H and O–H groups in total. The van der Waals surface area contributed by atoms with Crippen molar-refractivity contribution >= 4 is 18.3 Å². The highest BCUT2D eigenvalue weighted by atomic mass is 35.5. The molecule has 0 bridgehead atoms. The molecule has 1 aromatic rings. The van der Waals surface area contributed by atoms with Gasteiger partial charge < -0.3 is 10.6 Å². The van der Waals surface area contributed by atoms with Crippen LogP contribution in [0.1, 0.15) is 23.7 Å². The highest BCUT2D eigenvalue weighted by Crippen LogP contribution is 2.19. The lowest BCUT2D eigenvalue weighted by Gasteiger charge is -2.35. The molecule has 1 saturated heterocycles. The van der Waals surface area contributed by atoms with Crippen molar-refractivity contribution in [3.63, 3.8) is 0 Å². The molecule has 2 unspecified atom stereocenters. The molecular weight excluding hydrogens is 274 g/mol. The lowest BCUT2D eigenvalue weighted by molar-refractivity contribution is 0.0658. The summed E-state index contributed by atoms with van der Waals surface area (Å²) in [6.07, 6.45) is 0.684. The normalized spacial score (nSPS) is 22.8.